The van der Waals surface area contributed by atoms with Gasteiger partial charge in [-0.2, -0.15) is 0 Å². The number of aliphatic carboxylic acids is 2. The van der Waals surface area contributed by atoms with E-state index in [9.17, 15) is 0 Å². The Balaban J connectivity index is 0. The Morgan fingerprint density at radius 2 is 1.17 bits per heavy atom. The second-order valence-corrected chi connectivity index (χ2v) is 4.50. The van der Waals surface area contributed by atoms with Gasteiger partial charge in [0, 0.05) is 13.8 Å². The Morgan fingerprint density at radius 3 is 1.39 bits per heavy atom. The highest BCUT2D eigenvalue weighted by molar-refractivity contribution is 9.11. The molecule has 8 heteroatoms. The molecule has 1 aromatic carbocycles. The quantitative estimate of drug-likeness (QED) is 0.509. The van der Waals surface area contributed by atoms with Crippen LogP contribution in [-0.2, 0) is 9.59 Å². The van der Waals surface area contributed by atoms with E-state index in [4.69, 9.17) is 30.0 Å². The number of hydrogen-bond donors (Lipinski definition) is 4. The fourth-order valence-electron chi connectivity index (χ4n) is 0.552. The lowest BCUT2D eigenvalue weighted by Crippen LogP contribution is -1.78. The van der Waals surface area contributed by atoms with Crippen molar-refractivity contribution in [2.75, 3.05) is 0 Å². The normalized spacial score (nSPS) is 8.22. The van der Waals surface area contributed by atoms with Gasteiger partial charge in [0.15, 0.2) is 0 Å². The highest BCUT2D eigenvalue weighted by Gasteiger charge is 2.03. The van der Waals surface area contributed by atoms with Gasteiger partial charge in [0.1, 0.15) is 11.5 Å². The van der Waals surface area contributed by atoms with Crippen molar-refractivity contribution in [3.8, 4) is 11.5 Å². The number of aromatic hydroxyl groups is 2. The third-order valence-electron chi connectivity index (χ3n) is 1.00. The molecule has 102 valence electrons. The van der Waals surface area contributed by atoms with Gasteiger partial charge in [-0.05, 0) is 44.0 Å². The number of phenols is 2. The fraction of sp³-hybridized carbons (Fsp3) is 0.200. The van der Waals surface area contributed by atoms with E-state index in [0.29, 0.717) is 8.95 Å². The van der Waals surface area contributed by atoms with Gasteiger partial charge in [0.25, 0.3) is 11.9 Å². The van der Waals surface area contributed by atoms with Gasteiger partial charge in [-0.3, -0.25) is 9.59 Å². The van der Waals surface area contributed by atoms with Crippen LogP contribution < -0.4 is 0 Å². The maximum absolute atomic E-state index is 9.13. The molecule has 0 unspecified atom stereocenters. The second kappa shape index (κ2) is 9.72. The van der Waals surface area contributed by atoms with Gasteiger partial charge in [-0.1, -0.05) is 0 Å². The number of carboxylic acid groups (broad SMARTS) is 2. The highest BCUT2D eigenvalue weighted by atomic mass is 79.9. The summed E-state index contributed by atoms with van der Waals surface area (Å²) in [5, 5.41) is 32.9. The fourth-order valence-corrected chi connectivity index (χ4v) is 1.71. The molecule has 6 nitrogen and oxygen atoms in total. The molecule has 0 aliphatic rings. The standard InChI is InChI=1S/C6H4Br2O2.2C2H4O2/c7-4-1-3(9)2-5(8)6(4)10;2*1-2(3)4/h1-2,9-10H;2*1H3,(H,3,4). The molecular formula is C10H12Br2O6. The predicted molar refractivity (Wildman–Crippen MR) is 71.8 cm³/mol. The maximum Gasteiger partial charge on any atom is 0.300 e. The molecule has 0 aromatic heterocycles. The maximum atomic E-state index is 9.13. The SMILES string of the molecule is CC(=O)O.CC(=O)O.Oc1cc(Br)c(O)c(Br)c1. The summed E-state index contributed by atoms with van der Waals surface area (Å²) in [5.74, 6) is -1.46. The smallest absolute Gasteiger partial charge is 0.300 e. The molecule has 0 radical (unpaired) electrons. The second-order valence-electron chi connectivity index (χ2n) is 2.80. The lowest BCUT2D eigenvalue weighted by molar-refractivity contribution is -0.135. The van der Waals surface area contributed by atoms with Crippen molar-refractivity contribution in [1.82, 2.24) is 0 Å². The third-order valence-corrected chi connectivity index (χ3v) is 2.21. The Bertz CT molecular complexity index is 376. The minimum absolute atomic E-state index is 0.0952. The monoisotopic (exact) mass is 386 g/mol. The Morgan fingerprint density at radius 1 is 0.944 bits per heavy atom. The minimum atomic E-state index is -0.833. The van der Waals surface area contributed by atoms with E-state index in [1.807, 2.05) is 0 Å². The zero-order chi connectivity index (χ0) is 14.9. The van der Waals surface area contributed by atoms with Crippen molar-refractivity contribution >= 4 is 43.8 Å². The van der Waals surface area contributed by atoms with Crippen LogP contribution in [0.2, 0.25) is 0 Å². The van der Waals surface area contributed by atoms with Crippen LogP contribution in [0.25, 0.3) is 0 Å². The van der Waals surface area contributed by atoms with Crippen LogP contribution in [-0.4, -0.2) is 32.4 Å². The van der Waals surface area contributed by atoms with Gasteiger partial charge in [0.2, 0.25) is 0 Å². The summed E-state index contributed by atoms with van der Waals surface area (Å²) in [5.41, 5.74) is 0. The molecule has 4 N–H and O–H groups in total. The summed E-state index contributed by atoms with van der Waals surface area (Å²) in [7, 11) is 0. The lowest BCUT2D eigenvalue weighted by atomic mass is 10.3. The van der Waals surface area contributed by atoms with E-state index >= 15 is 0 Å². The molecule has 0 spiro atoms. The average molecular weight is 388 g/mol. The predicted octanol–water partition coefficient (Wildman–Crippen LogP) is 2.80. The summed E-state index contributed by atoms with van der Waals surface area (Å²) in [6, 6.07) is 2.83. The average Bonchev–Trinajstić information content (AvgIpc) is 2.11. The first kappa shape index (κ1) is 19.1. The number of rotatable bonds is 0. The van der Waals surface area contributed by atoms with Crippen molar-refractivity contribution in [3.05, 3.63) is 21.1 Å². The first-order valence-electron chi connectivity index (χ1n) is 4.34. The van der Waals surface area contributed by atoms with Crippen molar-refractivity contribution in [2.45, 2.75) is 13.8 Å². The van der Waals surface area contributed by atoms with Crippen LogP contribution in [0.15, 0.2) is 21.1 Å². The number of benzene rings is 1. The van der Waals surface area contributed by atoms with E-state index in [2.05, 4.69) is 31.9 Å². The Labute approximate surface area is 120 Å². The molecule has 18 heavy (non-hydrogen) atoms. The van der Waals surface area contributed by atoms with Crippen LogP contribution in [0.5, 0.6) is 11.5 Å². The van der Waals surface area contributed by atoms with E-state index in [1.165, 1.54) is 12.1 Å². The number of carboxylic acids is 2. The molecule has 0 saturated carbocycles. The first-order chi connectivity index (χ1) is 8.07. The number of phenolic OH excluding ortho intramolecular Hbond substituents is 2. The molecule has 0 fully saturated rings. The van der Waals surface area contributed by atoms with Crippen molar-refractivity contribution < 1.29 is 30.0 Å². The van der Waals surface area contributed by atoms with Crippen molar-refractivity contribution in [3.63, 3.8) is 0 Å². The molecule has 1 aromatic rings. The third kappa shape index (κ3) is 12.8. The van der Waals surface area contributed by atoms with Gasteiger partial charge in [-0.25, -0.2) is 0 Å². The summed E-state index contributed by atoms with van der Waals surface area (Å²) in [6.07, 6.45) is 0. The molecular weight excluding hydrogens is 376 g/mol. The highest BCUT2D eigenvalue weighted by Crippen LogP contribution is 2.35. The van der Waals surface area contributed by atoms with Gasteiger partial charge in [0.05, 0.1) is 8.95 Å². The molecule has 0 aliphatic heterocycles. The van der Waals surface area contributed by atoms with E-state index in [-0.39, 0.29) is 11.5 Å². The number of hydrogen-bond acceptors (Lipinski definition) is 4. The van der Waals surface area contributed by atoms with Crippen LogP contribution in [0.3, 0.4) is 0 Å². The van der Waals surface area contributed by atoms with Crippen LogP contribution >= 0.6 is 31.9 Å². The molecule has 0 heterocycles. The van der Waals surface area contributed by atoms with E-state index in [0.717, 1.165) is 13.8 Å². The number of halogens is 2. The van der Waals surface area contributed by atoms with Crippen LogP contribution in [0.4, 0.5) is 0 Å². The topological polar surface area (TPSA) is 115 Å². The Hall–Kier alpha value is -1.28. The molecule has 0 amide bonds. The van der Waals surface area contributed by atoms with Gasteiger partial charge < -0.3 is 20.4 Å². The molecule has 0 atom stereocenters. The van der Waals surface area contributed by atoms with Crippen LogP contribution in [0, 0.1) is 0 Å². The summed E-state index contributed by atoms with van der Waals surface area (Å²) < 4.78 is 0.943. The van der Waals surface area contributed by atoms with Crippen molar-refractivity contribution in [2.24, 2.45) is 0 Å². The van der Waals surface area contributed by atoms with Crippen LogP contribution in [0.1, 0.15) is 13.8 Å². The van der Waals surface area contributed by atoms with E-state index < -0.39 is 11.9 Å². The van der Waals surface area contributed by atoms with Crippen molar-refractivity contribution in [1.29, 1.82) is 0 Å². The zero-order valence-electron chi connectivity index (χ0n) is 9.52. The van der Waals surface area contributed by atoms with Gasteiger partial charge >= 0.3 is 0 Å². The lowest BCUT2D eigenvalue weighted by Gasteiger charge is -1.99. The minimum Gasteiger partial charge on any atom is -0.508 e. The Kier molecular flexibility index (Phi) is 10.3. The molecule has 0 saturated heterocycles. The molecule has 0 bridgehead atoms. The molecule has 0 aliphatic carbocycles. The van der Waals surface area contributed by atoms with Gasteiger partial charge in [-0.15, -0.1) is 0 Å². The molecule has 1 rings (SSSR count). The summed E-state index contributed by atoms with van der Waals surface area (Å²) in [6.45, 7) is 2.17. The van der Waals surface area contributed by atoms with E-state index in [1.54, 1.807) is 0 Å². The largest absolute Gasteiger partial charge is 0.508 e. The summed E-state index contributed by atoms with van der Waals surface area (Å²) in [4.78, 5) is 18.0. The summed E-state index contributed by atoms with van der Waals surface area (Å²) >= 11 is 6.11. The first-order valence-corrected chi connectivity index (χ1v) is 5.92. The zero-order valence-corrected chi connectivity index (χ0v) is 12.7. The number of carbonyl (C=O) groups is 2.